The van der Waals surface area contributed by atoms with Crippen LogP contribution >= 0.6 is 7.60 Å². The molecule has 1 amide bonds. The minimum absolute atomic E-state index is 0.00491. The number of rotatable bonds is 12. The number of hydrogen-bond donors (Lipinski definition) is 2. The second-order valence-electron chi connectivity index (χ2n) is 10.7. The molecule has 5 rings (SSSR count). The Morgan fingerprint density at radius 2 is 1.71 bits per heavy atom. The van der Waals surface area contributed by atoms with E-state index in [-0.39, 0.29) is 36.9 Å². The molecule has 3 aromatic rings. The molecule has 2 N–H and O–H groups in total. The SMILES string of the molecule is CCOP(=O)(Cc1ccc(Nc2ncc(C(F)(F)F)c(Nc3ccc(N4CCCC4)c4c3C(=O)N(C)C4)n2)c(OC)c1)OCC. The number of nitrogens with zero attached hydrogens (tertiary/aromatic N) is 4. The molecule has 0 radical (unpaired) electrons. The average molecular weight is 649 g/mol. The summed E-state index contributed by atoms with van der Waals surface area (Å²) < 4.78 is 71.6. The molecule has 0 bridgehead atoms. The summed E-state index contributed by atoms with van der Waals surface area (Å²) >= 11 is 0. The molecule has 15 heteroatoms. The normalized spacial score (nSPS) is 15.0. The quantitative estimate of drug-likeness (QED) is 0.200. The fraction of sp³-hybridized carbons (Fsp3) is 0.433. The maximum absolute atomic E-state index is 14.1. The topological polar surface area (TPSA) is 118 Å². The smallest absolute Gasteiger partial charge is 0.421 e. The molecule has 2 aliphatic rings. The van der Waals surface area contributed by atoms with Crippen molar-refractivity contribution in [3.8, 4) is 5.75 Å². The number of benzene rings is 2. The maximum atomic E-state index is 14.1. The van der Waals surface area contributed by atoms with Crippen LogP contribution in [0.5, 0.6) is 5.75 Å². The molecule has 1 saturated heterocycles. The third kappa shape index (κ3) is 7.03. The summed E-state index contributed by atoms with van der Waals surface area (Å²) in [5.41, 5.74) is 2.14. The number of amides is 1. The van der Waals surface area contributed by atoms with Crippen molar-refractivity contribution in [2.24, 2.45) is 0 Å². The van der Waals surface area contributed by atoms with Gasteiger partial charge in [-0.25, -0.2) is 4.98 Å². The first-order chi connectivity index (χ1) is 21.5. The van der Waals surface area contributed by atoms with Gasteiger partial charge >= 0.3 is 13.8 Å². The summed E-state index contributed by atoms with van der Waals surface area (Å²) in [6.45, 7) is 5.95. The molecule has 1 fully saturated rings. The number of aromatic nitrogens is 2. The number of ether oxygens (including phenoxy) is 1. The van der Waals surface area contributed by atoms with E-state index in [1.807, 2.05) is 6.07 Å². The van der Waals surface area contributed by atoms with Crippen molar-refractivity contribution in [2.75, 3.05) is 56.0 Å². The molecular weight excluding hydrogens is 612 g/mol. The van der Waals surface area contributed by atoms with Gasteiger partial charge in [0, 0.05) is 44.1 Å². The number of anilines is 5. The highest BCUT2D eigenvalue weighted by atomic mass is 31.2. The zero-order valence-corrected chi connectivity index (χ0v) is 26.4. The van der Waals surface area contributed by atoms with E-state index >= 15 is 0 Å². The predicted octanol–water partition coefficient (Wildman–Crippen LogP) is 6.94. The van der Waals surface area contributed by atoms with Gasteiger partial charge in [-0.1, -0.05) is 6.07 Å². The number of alkyl halides is 3. The Morgan fingerprint density at radius 1 is 1.02 bits per heavy atom. The van der Waals surface area contributed by atoms with Crippen LogP contribution in [0.2, 0.25) is 0 Å². The zero-order valence-electron chi connectivity index (χ0n) is 25.5. The van der Waals surface area contributed by atoms with Crippen molar-refractivity contribution in [3.63, 3.8) is 0 Å². The number of hydrogen-bond acceptors (Lipinski definition) is 10. The van der Waals surface area contributed by atoms with Crippen LogP contribution in [0, 0.1) is 0 Å². The van der Waals surface area contributed by atoms with Gasteiger partial charge in [0.15, 0.2) is 0 Å². The fourth-order valence-electron chi connectivity index (χ4n) is 5.58. The number of fused-ring (bicyclic) bond motifs is 1. The van der Waals surface area contributed by atoms with Gasteiger partial charge in [0.05, 0.1) is 43.4 Å². The van der Waals surface area contributed by atoms with Crippen LogP contribution in [0.4, 0.5) is 42.0 Å². The lowest BCUT2D eigenvalue weighted by atomic mass is 10.0. The number of nitrogens with one attached hydrogen (secondary N) is 2. The van der Waals surface area contributed by atoms with E-state index in [9.17, 15) is 22.5 Å². The summed E-state index contributed by atoms with van der Waals surface area (Å²) in [6.07, 6.45) is -2.00. The van der Waals surface area contributed by atoms with Crippen molar-refractivity contribution in [1.82, 2.24) is 14.9 Å². The molecule has 11 nitrogen and oxygen atoms in total. The van der Waals surface area contributed by atoms with Gasteiger partial charge in [-0.2, -0.15) is 18.2 Å². The Bertz CT molecular complexity index is 1610. The number of carbonyl (C=O) groups excluding carboxylic acids is 1. The first-order valence-electron chi connectivity index (χ1n) is 14.7. The minimum Gasteiger partial charge on any atom is -0.495 e. The largest absolute Gasteiger partial charge is 0.495 e. The van der Waals surface area contributed by atoms with Gasteiger partial charge in [0.25, 0.3) is 5.91 Å². The van der Waals surface area contributed by atoms with E-state index < -0.39 is 25.2 Å². The summed E-state index contributed by atoms with van der Waals surface area (Å²) in [7, 11) is -0.292. The fourth-order valence-corrected chi connectivity index (χ4v) is 7.26. The van der Waals surface area contributed by atoms with Gasteiger partial charge in [-0.05, 0) is 56.5 Å². The second-order valence-corrected chi connectivity index (χ2v) is 12.7. The second kappa shape index (κ2) is 13.2. The van der Waals surface area contributed by atoms with E-state index in [2.05, 4.69) is 25.5 Å². The summed E-state index contributed by atoms with van der Waals surface area (Å²) in [4.78, 5) is 25.0. The van der Waals surface area contributed by atoms with Crippen molar-refractivity contribution in [3.05, 3.63) is 58.8 Å². The van der Waals surface area contributed by atoms with E-state index in [1.165, 1.54) is 7.11 Å². The Labute approximate surface area is 259 Å². The molecule has 0 saturated carbocycles. The molecule has 0 unspecified atom stereocenters. The Kier molecular flexibility index (Phi) is 9.57. The van der Waals surface area contributed by atoms with Crippen LogP contribution in [0.25, 0.3) is 0 Å². The number of carbonyl (C=O) groups is 1. The molecule has 0 spiro atoms. The van der Waals surface area contributed by atoms with Crippen LogP contribution in [0.15, 0.2) is 36.5 Å². The van der Waals surface area contributed by atoms with E-state index in [1.54, 1.807) is 50.1 Å². The van der Waals surface area contributed by atoms with Crippen molar-refractivity contribution < 1.29 is 36.3 Å². The highest BCUT2D eigenvalue weighted by Crippen LogP contribution is 2.52. The number of methoxy groups -OCH3 is 1. The lowest BCUT2D eigenvalue weighted by Gasteiger charge is -2.22. The van der Waals surface area contributed by atoms with Gasteiger partial charge in [-0.15, -0.1) is 0 Å². The molecule has 3 heterocycles. The van der Waals surface area contributed by atoms with Crippen LogP contribution in [0.1, 0.15) is 53.7 Å². The minimum atomic E-state index is -4.77. The Hall–Kier alpha value is -3.87. The molecule has 0 aliphatic carbocycles. The van der Waals surface area contributed by atoms with Crippen LogP contribution in [0.3, 0.4) is 0 Å². The first kappa shape index (κ1) is 32.5. The number of halogens is 3. The highest BCUT2D eigenvalue weighted by Gasteiger charge is 2.37. The molecular formula is C30H36F3N6O5P. The van der Waals surface area contributed by atoms with E-state index in [0.717, 1.165) is 37.2 Å². The zero-order chi connectivity index (χ0) is 32.4. The molecule has 0 atom stereocenters. The summed E-state index contributed by atoms with van der Waals surface area (Å²) in [5, 5.41) is 5.71. The maximum Gasteiger partial charge on any atom is 0.421 e. The molecule has 2 aliphatic heterocycles. The third-order valence-electron chi connectivity index (χ3n) is 7.58. The van der Waals surface area contributed by atoms with E-state index in [4.69, 9.17) is 13.8 Å². The standard InChI is InChI=1S/C30H36F3N6O5P/c1-5-43-45(41,44-6-2)18-19-9-10-22(25(15-19)42-4)36-29-34-16-21(30(31,32)33)27(37-29)35-23-11-12-24(39-13-7-8-14-39)20-17-38(3)28(40)26(20)23/h9-12,15-16H,5-8,13-14,17-18H2,1-4H3,(H2,34,35,36,37). The molecule has 2 aromatic carbocycles. The lowest BCUT2D eigenvalue weighted by molar-refractivity contribution is -0.137. The predicted molar refractivity (Wildman–Crippen MR) is 165 cm³/mol. The monoisotopic (exact) mass is 648 g/mol. The van der Waals surface area contributed by atoms with E-state index in [0.29, 0.717) is 35.3 Å². The van der Waals surface area contributed by atoms with Gasteiger partial charge < -0.3 is 34.2 Å². The summed E-state index contributed by atoms with van der Waals surface area (Å²) in [6, 6.07) is 8.39. The average Bonchev–Trinajstić information content (AvgIpc) is 3.62. The van der Waals surface area contributed by atoms with Crippen LogP contribution < -0.4 is 20.3 Å². The van der Waals surface area contributed by atoms with Crippen molar-refractivity contribution in [2.45, 2.75) is 45.6 Å². The Morgan fingerprint density at radius 3 is 2.36 bits per heavy atom. The molecule has 45 heavy (non-hydrogen) atoms. The lowest BCUT2D eigenvalue weighted by Crippen LogP contribution is -2.20. The van der Waals surface area contributed by atoms with Gasteiger partial charge in [0.2, 0.25) is 5.95 Å². The van der Waals surface area contributed by atoms with Gasteiger partial charge in [-0.3, -0.25) is 9.36 Å². The third-order valence-corrected chi connectivity index (χ3v) is 9.63. The highest BCUT2D eigenvalue weighted by molar-refractivity contribution is 7.53. The van der Waals surface area contributed by atoms with Crippen LogP contribution in [-0.4, -0.2) is 61.2 Å². The van der Waals surface area contributed by atoms with Crippen LogP contribution in [-0.2, 0) is 32.5 Å². The molecule has 1 aromatic heterocycles. The summed E-state index contributed by atoms with van der Waals surface area (Å²) in [5.74, 6) is -0.616. The van der Waals surface area contributed by atoms with Crippen molar-refractivity contribution >= 4 is 42.3 Å². The molecule has 242 valence electrons. The van der Waals surface area contributed by atoms with Crippen molar-refractivity contribution in [1.29, 1.82) is 0 Å². The Balaban J connectivity index is 1.46. The van der Waals surface area contributed by atoms with Gasteiger partial charge in [0.1, 0.15) is 17.1 Å². The first-order valence-corrected chi connectivity index (χ1v) is 16.4.